The predicted octanol–water partition coefficient (Wildman–Crippen LogP) is 3.20. The van der Waals surface area contributed by atoms with Crippen molar-refractivity contribution in [3.8, 4) is 0 Å². The highest BCUT2D eigenvalue weighted by atomic mass is 32.2. The summed E-state index contributed by atoms with van der Waals surface area (Å²) >= 11 is 1.62. The first kappa shape index (κ1) is 14.6. The number of thioether (sulfide) groups is 1. The van der Waals surface area contributed by atoms with E-state index < -0.39 is 0 Å². The lowest BCUT2D eigenvalue weighted by atomic mass is 10.1. The van der Waals surface area contributed by atoms with Crippen LogP contribution in [0.25, 0.3) is 10.9 Å². The van der Waals surface area contributed by atoms with Crippen LogP contribution in [0, 0.1) is 6.92 Å². The normalized spacial score (nSPS) is 11.0. The highest BCUT2D eigenvalue weighted by Gasteiger charge is 2.11. The molecule has 0 radical (unpaired) electrons. The van der Waals surface area contributed by atoms with E-state index in [0.29, 0.717) is 12.5 Å². The molecule has 0 unspecified atom stereocenters. The van der Waals surface area contributed by atoms with Crippen LogP contribution in [-0.2, 0) is 12.3 Å². The molecular formula is C16H17N5S. The van der Waals surface area contributed by atoms with E-state index in [1.54, 1.807) is 17.8 Å². The first-order valence-corrected chi connectivity index (χ1v) is 7.95. The molecule has 0 aliphatic heterocycles. The highest BCUT2D eigenvalue weighted by Crippen LogP contribution is 2.27. The third-order valence-electron chi connectivity index (χ3n) is 3.34. The number of benzene rings is 1. The highest BCUT2D eigenvalue weighted by molar-refractivity contribution is 7.98. The van der Waals surface area contributed by atoms with E-state index in [9.17, 15) is 0 Å². The SMILES string of the molecule is C=CCn1c(N)nnc1SCc1cc(C)nc2ccccc12. The summed E-state index contributed by atoms with van der Waals surface area (Å²) in [4.78, 5) is 4.57. The van der Waals surface area contributed by atoms with Crippen molar-refractivity contribution < 1.29 is 0 Å². The van der Waals surface area contributed by atoms with Gasteiger partial charge in [0.1, 0.15) is 0 Å². The number of nitrogens with two attached hydrogens (primary N) is 1. The molecule has 6 heteroatoms. The second-order valence-electron chi connectivity index (χ2n) is 4.97. The van der Waals surface area contributed by atoms with Crippen molar-refractivity contribution in [3.63, 3.8) is 0 Å². The van der Waals surface area contributed by atoms with Crippen LogP contribution in [0.2, 0.25) is 0 Å². The second kappa shape index (κ2) is 6.19. The van der Waals surface area contributed by atoms with E-state index in [2.05, 4.69) is 33.9 Å². The Morgan fingerprint density at radius 1 is 1.32 bits per heavy atom. The quantitative estimate of drug-likeness (QED) is 0.579. The van der Waals surface area contributed by atoms with Gasteiger partial charge in [0.25, 0.3) is 0 Å². The molecule has 2 N–H and O–H groups in total. The lowest BCUT2D eigenvalue weighted by Gasteiger charge is -2.08. The first-order chi connectivity index (χ1) is 10.7. The van der Waals surface area contributed by atoms with Crippen molar-refractivity contribution in [3.05, 3.63) is 54.2 Å². The minimum absolute atomic E-state index is 0.415. The summed E-state index contributed by atoms with van der Waals surface area (Å²) in [6, 6.07) is 10.3. The average molecular weight is 311 g/mol. The van der Waals surface area contributed by atoms with Gasteiger partial charge in [-0.15, -0.1) is 16.8 Å². The van der Waals surface area contributed by atoms with Crippen LogP contribution >= 0.6 is 11.8 Å². The van der Waals surface area contributed by atoms with Gasteiger partial charge in [0, 0.05) is 23.4 Å². The van der Waals surface area contributed by atoms with E-state index in [4.69, 9.17) is 5.73 Å². The van der Waals surface area contributed by atoms with Crippen LogP contribution < -0.4 is 5.73 Å². The maximum Gasteiger partial charge on any atom is 0.222 e. The van der Waals surface area contributed by atoms with E-state index in [1.165, 1.54) is 10.9 Å². The fourth-order valence-electron chi connectivity index (χ4n) is 2.36. The minimum Gasteiger partial charge on any atom is -0.368 e. The number of pyridine rings is 1. The molecule has 0 fully saturated rings. The Morgan fingerprint density at radius 2 is 2.14 bits per heavy atom. The predicted molar refractivity (Wildman–Crippen MR) is 90.7 cm³/mol. The Bertz CT molecular complexity index is 825. The van der Waals surface area contributed by atoms with Gasteiger partial charge in [0.05, 0.1) is 5.52 Å². The summed E-state index contributed by atoms with van der Waals surface area (Å²) in [6.45, 7) is 6.36. The number of nitrogen functional groups attached to an aromatic ring is 1. The van der Waals surface area contributed by atoms with Gasteiger partial charge in [-0.1, -0.05) is 36.0 Å². The van der Waals surface area contributed by atoms with Crippen molar-refractivity contribution in [2.45, 2.75) is 24.4 Å². The molecule has 0 bridgehead atoms. The van der Waals surface area contributed by atoms with Gasteiger partial charge in [0.2, 0.25) is 5.95 Å². The molecule has 2 aromatic heterocycles. The zero-order chi connectivity index (χ0) is 15.5. The Balaban J connectivity index is 1.90. The third kappa shape index (κ3) is 2.82. The molecule has 0 atom stereocenters. The number of rotatable bonds is 5. The van der Waals surface area contributed by atoms with Gasteiger partial charge in [-0.2, -0.15) is 0 Å². The Morgan fingerprint density at radius 3 is 2.95 bits per heavy atom. The summed E-state index contributed by atoms with van der Waals surface area (Å²) in [5.41, 5.74) is 9.10. The van der Waals surface area contributed by atoms with Crippen LogP contribution in [0.5, 0.6) is 0 Å². The molecule has 0 amide bonds. The van der Waals surface area contributed by atoms with E-state index >= 15 is 0 Å². The summed E-state index contributed by atoms with van der Waals surface area (Å²) in [5.74, 6) is 1.21. The van der Waals surface area contributed by atoms with Crippen LogP contribution in [0.3, 0.4) is 0 Å². The van der Waals surface area contributed by atoms with Crippen molar-refractivity contribution in [1.82, 2.24) is 19.7 Å². The lowest BCUT2D eigenvalue weighted by molar-refractivity contribution is 0.733. The molecule has 112 valence electrons. The van der Waals surface area contributed by atoms with Gasteiger partial charge in [-0.3, -0.25) is 9.55 Å². The van der Waals surface area contributed by atoms with Crippen LogP contribution in [-0.4, -0.2) is 19.7 Å². The van der Waals surface area contributed by atoms with Crippen LogP contribution in [0.15, 0.2) is 48.1 Å². The number of hydrogen-bond acceptors (Lipinski definition) is 5. The molecule has 0 spiro atoms. The summed E-state index contributed by atoms with van der Waals surface area (Å²) in [5, 5.41) is 10.0. The number of hydrogen-bond donors (Lipinski definition) is 1. The van der Waals surface area contributed by atoms with E-state index in [1.807, 2.05) is 29.7 Å². The van der Waals surface area contributed by atoms with Gasteiger partial charge < -0.3 is 5.73 Å². The number of aromatic nitrogens is 4. The largest absolute Gasteiger partial charge is 0.368 e. The topological polar surface area (TPSA) is 69.6 Å². The number of para-hydroxylation sites is 1. The molecule has 1 aromatic carbocycles. The summed E-state index contributed by atoms with van der Waals surface area (Å²) in [7, 11) is 0. The van der Waals surface area contributed by atoms with Crippen molar-refractivity contribution >= 4 is 28.6 Å². The fourth-order valence-corrected chi connectivity index (χ4v) is 3.31. The summed E-state index contributed by atoms with van der Waals surface area (Å²) < 4.78 is 1.86. The molecule has 2 heterocycles. The van der Waals surface area contributed by atoms with Crippen LogP contribution in [0.4, 0.5) is 5.95 Å². The fraction of sp³-hybridized carbons (Fsp3) is 0.188. The monoisotopic (exact) mass is 311 g/mol. The molecule has 0 aliphatic carbocycles. The van der Waals surface area contributed by atoms with Gasteiger partial charge >= 0.3 is 0 Å². The third-order valence-corrected chi connectivity index (χ3v) is 4.36. The molecule has 0 saturated carbocycles. The first-order valence-electron chi connectivity index (χ1n) is 6.96. The van der Waals surface area contributed by atoms with Crippen molar-refractivity contribution in [2.24, 2.45) is 0 Å². The van der Waals surface area contributed by atoms with Crippen molar-refractivity contribution in [2.75, 3.05) is 5.73 Å². The smallest absolute Gasteiger partial charge is 0.222 e. The Labute approximate surface area is 133 Å². The standard InChI is InChI=1S/C16H17N5S/c1-3-8-21-15(17)19-20-16(21)22-10-12-9-11(2)18-14-7-5-4-6-13(12)14/h3-7,9H,1,8,10H2,2H3,(H2,17,19). The second-order valence-corrected chi connectivity index (χ2v) is 5.91. The Hall–Kier alpha value is -2.34. The molecular weight excluding hydrogens is 294 g/mol. The maximum absolute atomic E-state index is 5.83. The zero-order valence-electron chi connectivity index (χ0n) is 12.4. The summed E-state index contributed by atoms with van der Waals surface area (Å²) in [6.07, 6.45) is 1.79. The number of fused-ring (bicyclic) bond motifs is 1. The van der Waals surface area contributed by atoms with Gasteiger partial charge in [-0.25, -0.2) is 0 Å². The lowest BCUT2D eigenvalue weighted by Crippen LogP contribution is -2.03. The molecule has 0 aliphatic rings. The van der Waals surface area contributed by atoms with Gasteiger partial charge in [-0.05, 0) is 24.6 Å². The number of aryl methyl sites for hydroxylation is 1. The average Bonchev–Trinajstić information content (AvgIpc) is 2.86. The van der Waals surface area contributed by atoms with E-state index in [-0.39, 0.29) is 0 Å². The molecule has 22 heavy (non-hydrogen) atoms. The minimum atomic E-state index is 0.415. The molecule has 0 saturated heterocycles. The molecule has 5 nitrogen and oxygen atoms in total. The molecule has 3 rings (SSSR count). The van der Waals surface area contributed by atoms with Crippen molar-refractivity contribution in [1.29, 1.82) is 0 Å². The van der Waals surface area contributed by atoms with Crippen LogP contribution in [0.1, 0.15) is 11.3 Å². The van der Waals surface area contributed by atoms with E-state index in [0.717, 1.165) is 22.1 Å². The Kier molecular flexibility index (Phi) is 4.11. The number of allylic oxidation sites excluding steroid dienone is 1. The van der Waals surface area contributed by atoms with Gasteiger partial charge in [0.15, 0.2) is 5.16 Å². The number of anilines is 1. The maximum atomic E-state index is 5.83. The number of nitrogens with zero attached hydrogens (tertiary/aromatic N) is 4. The zero-order valence-corrected chi connectivity index (χ0v) is 13.2. The molecule has 3 aromatic rings.